The van der Waals surface area contributed by atoms with Crippen molar-refractivity contribution in [3.63, 3.8) is 0 Å². The Hall–Kier alpha value is -1.96. The Balaban J connectivity index is 1.93. The van der Waals surface area contributed by atoms with Gasteiger partial charge < -0.3 is 10.2 Å². The van der Waals surface area contributed by atoms with Crippen molar-refractivity contribution in [1.82, 2.24) is 0 Å². The fourth-order valence-corrected chi connectivity index (χ4v) is 3.96. The van der Waals surface area contributed by atoms with Crippen molar-refractivity contribution in [3.8, 4) is 11.5 Å². The van der Waals surface area contributed by atoms with Crippen LogP contribution in [0.15, 0.2) is 35.9 Å². The van der Waals surface area contributed by atoms with Crippen LogP contribution in [0.5, 0.6) is 11.5 Å². The highest BCUT2D eigenvalue weighted by Crippen LogP contribution is 2.39. The molecule has 2 heteroatoms. The molecule has 0 aromatic heterocycles. The standard InChI is InChI=1S/C26H38O2/c1-18(2)10-8-11-19(3)12-9-13-20(4)16-17-22-21(5)25(27)23-14-6-7-15-24(23)26(22)28/h6-7,14-16,18-19,27-28H,8-13,17H2,1-5H3/b20-16+/t19-/m1/s1. The van der Waals surface area contributed by atoms with Crippen molar-refractivity contribution >= 4 is 10.8 Å². The molecule has 0 fully saturated rings. The van der Waals surface area contributed by atoms with Gasteiger partial charge in [-0.25, -0.2) is 0 Å². The molecular weight excluding hydrogens is 344 g/mol. The monoisotopic (exact) mass is 382 g/mol. The van der Waals surface area contributed by atoms with Crippen LogP contribution < -0.4 is 0 Å². The van der Waals surface area contributed by atoms with E-state index in [1.165, 1.54) is 37.7 Å². The van der Waals surface area contributed by atoms with Crippen molar-refractivity contribution in [2.45, 2.75) is 79.6 Å². The Morgan fingerprint density at radius 3 is 2.18 bits per heavy atom. The number of hydrogen-bond acceptors (Lipinski definition) is 2. The zero-order valence-corrected chi connectivity index (χ0v) is 18.4. The second-order valence-electron chi connectivity index (χ2n) is 8.92. The van der Waals surface area contributed by atoms with E-state index in [2.05, 4.69) is 33.8 Å². The first-order valence-corrected chi connectivity index (χ1v) is 10.9. The smallest absolute Gasteiger partial charge is 0.127 e. The maximum atomic E-state index is 10.7. The van der Waals surface area contributed by atoms with Crippen LogP contribution in [-0.4, -0.2) is 10.2 Å². The van der Waals surface area contributed by atoms with Gasteiger partial charge in [-0.3, -0.25) is 0 Å². The second-order valence-corrected chi connectivity index (χ2v) is 8.92. The van der Waals surface area contributed by atoms with Gasteiger partial charge in [0, 0.05) is 16.3 Å². The van der Waals surface area contributed by atoms with E-state index in [0.717, 1.165) is 34.8 Å². The number of phenolic OH excluding ortho intramolecular Hbond substituents is 2. The summed E-state index contributed by atoms with van der Waals surface area (Å²) in [5, 5.41) is 22.6. The van der Waals surface area contributed by atoms with E-state index in [4.69, 9.17) is 0 Å². The third kappa shape index (κ3) is 6.02. The van der Waals surface area contributed by atoms with Gasteiger partial charge in [0.25, 0.3) is 0 Å². The van der Waals surface area contributed by atoms with Gasteiger partial charge in [0.05, 0.1) is 0 Å². The average molecular weight is 383 g/mol. The molecule has 2 aromatic rings. The van der Waals surface area contributed by atoms with Crippen LogP contribution >= 0.6 is 0 Å². The van der Waals surface area contributed by atoms with Crippen molar-refractivity contribution < 1.29 is 10.2 Å². The van der Waals surface area contributed by atoms with Gasteiger partial charge in [-0.15, -0.1) is 0 Å². The molecule has 0 spiro atoms. The molecule has 0 bridgehead atoms. The molecule has 0 heterocycles. The molecule has 2 N–H and O–H groups in total. The lowest BCUT2D eigenvalue weighted by molar-refractivity contribution is 0.427. The van der Waals surface area contributed by atoms with E-state index >= 15 is 0 Å². The normalized spacial score (nSPS) is 13.4. The molecule has 0 aliphatic rings. The molecule has 0 saturated heterocycles. The van der Waals surface area contributed by atoms with Gasteiger partial charge in [0.15, 0.2) is 0 Å². The highest BCUT2D eigenvalue weighted by molar-refractivity contribution is 5.95. The SMILES string of the molecule is C/C(=C\Cc1c(C)c(O)c2ccccc2c1O)CCC[C@H](C)CCCC(C)C. The van der Waals surface area contributed by atoms with Crippen LogP contribution in [-0.2, 0) is 6.42 Å². The van der Waals surface area contributed by atoms with Crippen LogP contribution in [0, 0.1) is 18.8 Å². The molecule has 28 heavy (non-hydrogen) atoms. The van der Waals surface area contributed by atoms with Crippen LogP contribution in [0.2, 0.25) is 0 Å². The fraction of sp³-hybridized carbons (Fsp3) is 0.538. The first-order chi connectivity index (χ1) is 13.3. The Morgan fingerprint density at radius 2 is 1.54 bits per heavy atom. The Labute approximate surface area is 171 Å². The lowest BCUT2D eigenvalue weighted by Crippen LogP contribution is -1.97. The summed E-state index contributed by atoms with van der Waals surface area (Å²) in [7, 11) is 0. The summed E-state index contributed by atoms with van der Waals surface area (Å²) in [5.74, 6) is 2.19. The zero-order chi connectivity index (χ0) is 20.7. The van der Waals surface area contributed by atoms with Gasteiger partial charge >= 0.3 is 0 Å². The number of aromatic hydroxyl groups is 2. The topological polar surface area (TPSA) is 40.5 Å². The number of fused-ring (bicyclic) bond motifs is 1. The predicted octanol–water partition coefficient (Wildman–Crippen LogP) is 7.68. The van der Waals surface area contributed by atoms with Gasteiger partial charge in [-0.1, -0.05) is 82.4 Å². The Bertz CT molecular complexity index is 802. The van der Waals surface area contributed by atoms with E-state index in [0.29, 0.717) is 17.6 Å². The summed E-state index contributed by atoms with van der Waals surface area (Å²) in [6.07, 6.45) is 10.5. The second kappa shape index (κ2) is 10.5. The fourth-order valence-electron chi connectivity index (χ4n) is 3.96. The maximum absolute atomic E-state index is 10.7. The molecule has 154 valence electrons. The first-order valence-electron chi connectivity index (χ1n) is 10.9. The first kappa shape index (κ1) is 22.3. The highest BCUT2D eigenvalue weighted by Gasteiger charge is 2.14. The zero-order valence-electron chi connectivity index (χ0n) is 18.4. The van der Waals surface area contributed by atoms with E-state index in [-0.39, 0.29) is 5.75 Å². The predicted molar refractivity (Wildman–Crippen MR) is 121 cm³/mol. The summed E-state index contributed by atoms with van der Waals surface area (Å²) >= 11 is 0. The van der Waals surface area contributed by atoms with Crippen LogP contribution in [0.4, 0.5) is 0 Å². The average Bonchev–Trinajstić information content (AvgIpc) is 2.66. The summed E-state index contributed by atoms with van der Waals surface area (Å²) in [5.41, 5.74) is 2.97. The number of rotatable bonds is 10. The largest absolute Gasteiger partial charge is 0.507 e. The number of benzene rings is 2. The summed E-state index contributed by atoms with van der Waals surface area (Å²) in [4.78, 5) is 0. The van der Waals surface area contributed by atoms with E-state index in [9.17, 15) is 10.2 Å². The van der Waals surface area contributed by atoms with Crippen molar-refractivity contribution in [2.75, 3.05) is 0 Å². The van der Waals surface area contributed by atoms with Gasteiger partial charge in [-0.05, 0) is 50.5 Å². The molecule has 1 atom stereocenters. The minimum atomic E-state index is 0.282. The molecule has 0 saturated carbocycles. The van der Waals surface area contributed by atoms with Gasteiger partial charge in [-0.2, -0.15) is 0 Å². The molecule has 0 aliphatic carbocycles. The molecule has 0 amide bonds. The highest BCUT2D eigenvalue weighted by atomic mass is 16.3. The van der Waals surface area contributed by atoms with E-state index < -0.39 is 0 Å². The van der Waals surface area contributed by atoms with E-state index in [1.807, 2.05) is 31.2 Å². The van der Waals surface area contributed by atoms with Gasteiger partial charge in [0.2, 0.25) is 0 Å². The summed E-state index contributed by atoms with van der Waals surface area (Å²) in [6, 6.07) is 7.49. The van der Waals surface area contributed by atoms with Crippen molar-refractivity contribution in [3.05, 3.63) is 47.0 Å². The van der Waals surface area contributed by atoms with Crippen LogP contribution in [0.3, 0.4) is 0 Å². The quantitative estimate of drug-likeness (QED) is 0.327. The molecule has 0 radical (unpaired) electrons. The molecule has 2 aromatic carbocycles. The van der Waals surface area contributed by atoms with Gasteiger partial charge in [0.1, 0.15) is 11.5 Å². The van der Waals surface area contributed by atoms with Crippen LogP contribution in [0.1, 0.15) is 77.3 Å². The molecular formula is C26H38O2. The van der Waals surface area contributed by atoms with E-state index in [1.54, 1.807) is 0 Å². The number of phenols is 2. The molecule has 0 aliphatic heterocycles. The number of hydrogen-bond donors (Lipinski definition) is 2. The third-order valence-electron chi connectivity index (χ3n) is 5.93. The lowest BCUT2D eigenvalue weighted by Gasteiger charge is -2.14. The van der Waals surface area contributed by atoms with Crippen LogP contribution in [0.25, 0.3) is 10.8 Å². The Morgan fingerprint density at radius 1 is 0.929 bits per heavy atom. The number of allylic oxidation sites excluding steroid dienone is 2. The summed E-state index contributed by atoms with van der Waals surface area (Å²) in [6.45, 7) is 11.0. The minimum absolute atomic E-state index is 0.282. The molecule has 2 nitrogen and oxygen atoms in total. The molecule has 0 unspecified atom stereocenters. The third-order valence-corrected chi connectivity index (χ3v) is 5.93. The maximum Gasteiger partial charge on any atom is 0.127 e. The van der Waals surface area contributed by atoms with Crippen molar-refractivity contribution in [2.24, 2.45) is 11.8 Å². The minimum Gasteiger partial charge on any atom is -0.507 e. The lowest BCUT2D eigenvalue weighted by atomic mass is 9.93. The molecule has 2 rings (SSSR count). The van der Waals surface area contributed by atoms with Crippen molar-refractivity contribution in [1.29, 1.82) is 0 Å². The Kier molecular flexibility index (Phi) is 8.41. The summed E-state index contributed by atoms with van der Waals surface area (Å²) < 4.78 is 0.